The molecule has 3 nitrogen and oxygen atoms in total. The predicted molar refractivity (Wildman–Crippen MR) is 120 cm³/mol. The molecular formula is C20H41IO3Si. The van der Waals surface area contributed by atoms with Crippen LogP contribution in [-0.4, -0.2) is 37.8 Å². The van der Waals surface area contributed by atoms with Crippen molar-refractivity contribution in [1.29, 1.82) is 0 Å². The van der Waals surface area contributed by atoms with E-state index in [0.29, 0.717) is 12.5 Å². The van der Waals surface area contributed by atoms with Crippen molar-refractivity contribution in [2.45, 2.75) is 91.0 Å². The summed E-state index contributed by atoms with van der Waals surface area (Å²) in [5.74, 6) is 0.523. The highest BCUT2D eigenvalue weighted by molar-refractivity contribution is 14.1. The third-order valence-corrected chi connectivity index (χ3v) is 11.1. The monoisotopic (exact) mass is 484 g/mol. The SMILES string of the molecule is C/C(=C/I)C[C@H](C)CCCC[C@@H](O)[C@H](CO)CO[Si](C)(C)C(C)(C)C. The number of hydrogen-bond acceptors (Lipinski definition) is 3. The Bertz CT molecular complexity index is 391. The Balaban J connectivity index is 4.19. The van der Waals surface area contributed by atoms with E-state index in [0.717, 1.165) is 25.7 Å². The predicted octanol–water partition coefficient (Wildman–Crippen LogP) is 5.90. The van der Waals surface area contributed by atoms with E-state index >= 15 is 0 Å². The van der Waals surface area contributed by atoms with Crippen LogP contribution in [0.2, 0.25) is 18.1 Å². The standard InChI is InChI=1S/C20H41IO3Si/c1-16(12-17(2)13-21)10-8-9-11-19(23)18(14-22)15-24-25(6,7)20(3,4)5/h13,16,18-19,22-23H,8-12,14-15H2,1-7H3/b17-13-/t16-,18-,19-/m1/s1. The van der Waals surface area contributed by atoms with Gasteiger partial charge in [-0.2, -0.15) is 0 Å². The van der Waals surface area contributed by atoms with Crippen LogP contribution < -0.4 is 0 Å². The van der Waals surface area contributed by atoms with Gasteiger partial charge in [-0.15, -0.1) is 0 Å². The molecule has 0 saturated carbocycles. The van der Waals surface area contributed by atoms with Crippen molar-refractivity contribution in [3.05, 3.63) is 9.66 Å². The Kier molecular flexibility index (Phi) is 12.4. The lowest BCUT2D eigenvalue weighted by Gasteiger charge is -2.37. The molecule has 0 aliphatic rings. The molecule has 0 aliphatic heterocycles. The molecule has 0 aliphatic carbocycles. The maximum absolute atomic E-state index is 10.4. The minimum atomic E-state index is -1.83. The molecule has 0 unspecified atom stereocenters. The van der Waals surface area contributed by atoms with E-state index in [2.05, 4.69) is 74.4 Å². The summed E-state index contributed by atoms with van der Waals surface area (Å²) in [6.45, 7) is 16.0. The maximum atomic E-state index is 10.4. The average molecular weight is 485 g/mol. The van der Waals surface area contributed by atoms with Gasteiger partial charge >= 0.3 is 0 Å². The van der Waals surface area contributed by atoms with Gasteiger partial charge in [0.25, 0.3) is 0 Å². The van der Waals surface area contributed by atoms with Gasteiger partial charge in [0.15, 0.2) is 8.32 Å². The average Bonchev–Trinajstić information content (AvgIpc) is 2.50. The summed E-state index contributed by atoms with van der Waals surface area (Å²) < 4.78 is 8.34. The second kappa shape index (κ2) is 12.1. The second-order valence-corrected chi connectivity index (χ2v) is 14.6. The van der Waals surface area contributed by atoms with E-state index in [9.17, 15) is 10.2 Å². The number of aliphatic hydroxyl groups is 2. The van der Waals surface area contributed by atoms with E-state index in [-0.39, 0.29) is 17.6 Å². The van der Waals surface area contributed by atoms with Crippen LogP contribution in [0, 0.1) is 11.8 Å². The van der Waals surface area contributed by atoms with E-state index in [1.807, 2.05) is 0 Å². The first kappa shape index (κ1) is 25.6. The minimum absolute atomic E-state index is 0.00809. The summed E-state index contributed by atoms with van der Waals surface area (Å²) >= 11 is 2.30. The smallest absolute Gasteiger partial charge is 0.191 e. The summed E-state index contributed by atoms with van der Waals surface area (Å²) in [5, 5.41) is 20.2. The van der Waals surface area contributed by atoms with Crippen molar-refractivity contribution in [3.8, 4) is 0 Å². The fourth-order valence-corrected chi connectivity index (χ4v) is 3.91. The molecule has 0 spiro atoms. The number of allylic oxidation sites excluding steroid dienone is 1. The van der Waals surface area contributed by atoms with Gasteiger partial charge in [0, 0.05) is 12.5 Å². The van der Waals surface area contributed by atoms with Crippen LogP contribution in [0.5, 0.6) is 0 Å². The van der Waals surface area contributed by atoms with Gasteiger partial charge in [-0.05, 0) is 47.9 Å². The highest BCUT2D eigenvalue weighted by Crippen LogP contribution is 2.37. The van der Waals surface area contributed by atoms with Crippen molar-refractivity contribution in [2.24, 2.45) is 11.8 Å². The third kappa shape index (κ3) is 10.5. The molecule has 0 rings (SSSR count). The molecule has 0 fully saturated rings. The van der Waals surface area contributed by atoms with E-state index in [1.54, 1.807) is 0 Å². The molecule has 0 heterocycles. The van der Waals surface area contributed by atoms with Crippen molar-refractivity contribution >= 4 is 30.9 Å². The van der Waals surface area contributed by atoms with Gasteiger partial charge in [-0.1, -0.05) is 75.1 Å². The fraction of sp³-hybridized carbons (Fsp3) is 0.900. The van der Waals surface area contributed by atoms with Gasteiger partial charge in [0.05, 0.1) is 12.7 Å². The number of unbranched alkanes of at least 4 members (excludes halogenated alkanes) is 1. The largest absolute Gasteiger partial charge is 0.416 e. The lowest BCUT2D eigenvalue weighted by atomic mass is 9.94. The van der Waals surface area contributed by atoms with Crippen LogP contribution in [0.4, 0.5) is 0 Å². The quantitative estimate of drug-likeness (QED) is 0.206. The first-order valence-electron chi connectivity index (χ1n) is 9.63. The second-order valence-electron chi connectivity index (χ2n) is 9.13. The Morgan fingerprint density at radius 2 is 1.76 bits per heavy atom. The van der Waals surface area contributed by atoms with E-state index < -0.39 is 14.4 Å². The summed E-state index contributed by atoms with van der Waals surface area (Å²) in [6, 6.07) is 0. The molecule has 5 heteroatoms. The van der Waals surface area contributed by atoms with Crippen molar-refractivity contribution in [1.82, 2.24) is 0 Å². The Morgan fingerprint density at radius 1 is 1.20 bits per heavy atom. The molecule has 0 aromatic heterocycles. The molecular weight excluding hydrogens is 443 g/mol. The zero-order valence-electron chi connectivity index (χ0n) is 17.4. The maximum Gasteiger partial charge on any atom is 0.191 e. The van der Waals surface area contributed by atoms with Crippen LogP contribution in [0.15, 0.2) is 9.66 Å². The molecule has 0 saturated heterocycles. The number of halogens is 1. The first-order chi connectivity index (χ1) is 11.4. The van der Waals surface area contributed by atoms with Gasteiger partial charge in [-0.3, -0.25) is 0 Å². The summed E-state index contributed by atoms with van der Waals surface area (Å²) in [6.07, 6.45) is 4.77. The Labute approximate surface area is 170 Å². The van der Waals surface area contributed by atoms with Crippen LogP contribution in [0.3, 0.4) is 0 Å². The van der Waals surface area contributed by atoms with Crippen molar-refractivity contribution in [2.75, 3.05) is 13.2 Å². The third-order valence-electron chi connectivity index (χ3n) is 5.55. The molecule has 150 valence electrons. The summed E-state index contributed by atoms with van der Waals surface area (Å²) in [4.78, 5) is 0. The molecule has 0 aromatic carbocycles. The fourth-order valence-electron chi connectivity index (χ4n) is 2.60. The zero-order valence-corrected chi connectivity index (χ0v) is 20.6. The number of aliphatic hydroxyl groups excluding tert-OH is 2. The van der Waals surface area contributed by atoms with Gasteiger partial charge in [0.1, 0.15) is 0 Å². The molecule has 3 atom stereocenters. The van der Waals surface area contributed by atoms with Gasteiger partial charge in [0.2, 0.25) is 0 Å². The summed E-state index contributed by atoms with van der Waals surface area (Å²) in [5.41, 5.74) is 1.44. The molecule has 0 bridgehead atoms. The van der Waals surface area contributed by atoms with Gasteiger partial charge < -0.3 is 14.6 Å². The van der Waals surface area contributed by atoms with Gasteiger partial charge in [-0.25, -0.2) is 0 Å². The van der Waals surface area contributed by atoms with Crippen LogP contribution >= 0.6 is 22.6 Å². The van der Waals surface area contributed by atoms with E-state index in [4.69, 9.17) is 4.43 Å². The molecule has 0 radical (unpaired) electrons. The van der Waals surface area contributed by atoms with Crippen molar-refractivity contribution in [3.63, 3.8) is 0 Å². The topological polar surface area (TPSA) is 49.7 Å². The lowest BCUT2D eigenvalue weighted by molar-refractivity contribution is 0.0286. The number of hydrogen-bond donors (Lipinski definition) is 2. The van der Waals surface area contributed by atoms with Crippen LogP contribution in [-0.2, 0) is 4.43 Å². The Morgan fingerprint density at radius 3 is 2.24 bits per heavy atom. The molecule has 0 amide bonds. The summed E-state index contributed by atoms with van der Waals surface area (Å²) in [7, 11) is -1.83. The molecule has 0 aromatic rings. The normalized spacial score (nSPS) is 17.4. The highest BCUT2D eigenvalue weighted by atomic mass is 127. The van der Waals surface area contributed by atoms with Crippen LogP contribution in [0.1, 0.15) is 66.7 Å². The van der Waals surface area contributed by atoms with E-state index in [1.165, 1.54) is 12.0 Å². The number of rotatable bonds is 12. The van der Waals surface area contributed by atoms with Crippen LogP contribution in [0.25, 0.3) is 0 Å². The molecule has 25 heavy (non-hydrogen) atoms. The highest BCUT2D eigenvalue weighted by Gasteiger charge is 2.38. The molecule has 2 N–H and O–H groups in total. The van der Waals surface area contributed by atoms with Crippen molar-refractivity contribution < 1.29 is 14.6 Å². The Hall–Kier alpha value is 0.567. The first-order valence-corrected chi connectivity index (χ1v) is 13.8. The zero-order chi connectivity index (χ0) is 19.7. The minimum Gasteiger partial charge on any atom is -0.416 e. The lowest BCUT2D eigenvalue weighted by Crippen LogP contribution is -2.43.